The fourth-order valence-corrected chi connectivity index (χ4v) is 4.21. The number of methoxy groups -OCH3 is 1. The predicted molar refractivity (Wildman–Crippen MR) is 141 cm³/mol. The molecule has 2 atom stereocenters. The highest BCUT2D eigenvalue weighted by Gasteiger charge is 2.23. The van der Waals surface area contributed by atoms with E-state index in [-0.39, 0.29) is 19.1 Å². The molecule has 10 heteroatoms. The fraction of sp³-hybridized carbons (Fsp3) is 0.880. The van der Waals surface area contributed by atoms with Crippen molar-refractivity contribution in [1.29, 1.82) is 0 Å². The van der Waals surface area contributed by atoms with E-state index < -0.39 is 30.6 Å². The van der Waals surface area contributed by atoms with Crippen molar-refractivity contribution in [1.82, 2.24) is 10.6 Å². The van der Waals surface area contributed by atoms with Gasteiger partial charge in [-0.3, -0.25) is 9.59 Å². The highest BCUT2D eigenvalue weighted by Crippen LogP contribution is 2.11. The van der Waals surface area contributed by atoms with Gasteiger partial charge in [0, 0.05) is 11.5 Å². The van der Waals surface area contributed by atoms with E-state index in [2.05, 4.69) is 22.3 Å². The van der Waals surface area contributed by atoms with Crippen LogP contribution in [0.4, 0.5) is 0 Å². The van der Waals surface area contributed by atoms with Gasteiger partial charge in [-0.05, 0) is 13.0 Å². The van der Waals surface area contributed by atoms with E-state index in [0.717, 1.165) is 13.0 Å². The summed E-state index contributed by atoms with van der Waals surface area (Å²) in [6.07, 6.45) is 15.7. The molecule has 0 bridgehead atoms. The average molecular weight is 520 g/mol. The number of aliphatic hydroxyl groups excluding tert-OH is 1. The molecular weight excluding hydrogens is 470 g/mol. The van der Waals surface area contributed by atoms with Crippen molar-refractivity contribution in [3.05, 3.63) is 0 Å². The summed E-state index contributed by atoms with van der Waals surface area (Å²) in [4.78, 5) is 35.1. The van der Waals surface area contributed by atoms with Gasteiger partial charge in [-0.2, -0.15) is 11.8 Å². The van der Waals surface area contributed by atoms with Gasteiger partial charge in [0.2, 0.25) is 5.91 Å². The third kappa shape index (κ3) is 20.5. The average Bonchev–Trinajstić information content (AvgIpc) is 2.86. The van der Waals surface area contributed by atoms with Gasteiger partial charge >= 0.3 is 11.9 Å². The first-order valence-corrected chi connectivity index (χ1v) is 14.3. The minimum absolute atomic E-state index is 0.195. The van der Waals surface area contributed by atoms with Crippen molar-refractivity contribution in [3.63, 3.8) is 0 Å². The zero-order valence-electron chi connectivity index (χ0n) is 21.9. The number of thioether (sulfide) groups is 1. The molecule has 35 heavy (non-hydrogen) atoms. The third-order valence-corrected chi connectivity index (χ3v) is 6.64. The van der Waals surface area contributed by atoms with Crippen LogP contribution in [-0.4, -0.2) is 80.0 Å². The van der Waals surface area contributed by atoms with Gasteiger partial charge in [0.25, 0.3) is 0 Å². The van der Waals surface area contributed by atoms with Crippen LogP contribution in [0.1, 0.15) is 84.0 Å². The van der Waals surface area contributed by atoms with Crippen molar-refractivity contribution in [2.45, 2.75) is 96.1 Å². The lowest BCUT2D eigenvalue weighted by atomic mass is 10.1. The predicted octanol–water partition coefficient (Wildman–Crippen LogP) is 2.53. The number of nitrogens with one attached hydrogen (secondary N) is 2. The number of ether oxygens (including phenoxy) is 2. The second-order valence-electron chi connectivity index (χ2n) is 8.73. The summed E-state index contributed by atoms with van der Waals surface area (Å²) in [5.74, 6) is -0.789. The molecule has 0 aromatic rings. The van der Waals surface area contributed by atoms with E-state index in [0.29, 0.717) is 11.5 Å². The summed E-state index contributed by atoms with van der Waals surface area (Å²) in [5.41, 5.74) is 5.79. The summed E-state index contributed by atoms with van der Waals surface area (Å²) in [5, 5.41) is 14.6. The van der Waals surface area contributed by atoms with Crippen LogP contribution in [0.3, 0.4) is 0 Å². The monoisotopic (exact) mass is 519 g/mol. The molecule has 206 valence electrons. The van der Waals surface area contributed by atoms with Gasteiger partial charge in [-0.1, -0.05) is 77.6 Å². The Hall–Kier alpha value is -1.36. The minimum Gasteiger partial charge on any atom is -0.467 e. The molecule has 9 nitrogen and oxygen atoms in total. The highest BCUT2D eigenvalue weighted by atomic mass is 32.2. The molecule has 0 aliphatic rings. The number of carbonyl (C=O) groups is 3. The lowest BCUT2D eigenvalue weighted by Gasteiger charge is -2.17. The summed E-state index contributed by atoms with van der Waals surface area (Å²) >= 11 is 1.37. The van der Waals surface area contributed by atoms with Crippen LogP contribution in [0, 0.1) is 0 Å². The number of amides is 1. The maximum absolute atomic E-state index is 12.0. The maximum Gasteiger partial charge on any atom is 0.330 e. The Labute approximate surface area is 216 Å². The van der Waals surface area contributed by atoms with Crippen LogP contribution in [0.2, 0.25) is 0 Å². The summed E-state index contributed by atoms with van der Waals surface area (Å²) in [6, 6.07) is -1.99. The molecule has 1 amide bonds. The molecule has 0 saturated heterocycles. The van der Waals surface area contributed by atoms with Crippen LogP contribution in [0.25, 0.3) is 0 Å². The number of carbonyl (C=O) groups excluding carboxylic acids is 3. The van der Waals surface area contributed by atoms with E-state index >= 15 is 0 Å². The molecule has 0 aliphatic heterocycles. The molecule has 0 aromatic carbocycles. The van der Waals surface area contributed by atoms with Gasteiger partial charge in [0.15, 0.2) is 6.04 Å². The Morgan fingerprint density at radius 1 is 0.943 bits per heavy atom. The van der Waals surface area contributed by atoms with Gasteiger partial charge in [-0.25, -0.2) is 4.79 Å². The molecule has 0 saturated carbocycles. The zero-order valence-corrected chi connectivity index (χ0v) is 22.7. The number of rotatable bonds is 24. The van der Waals surface area contributed by atoms with Gasteiger partial charge in [0.05, 0.1) is 26.3 Å². The molecule has 5 N–H and O–H groups in total. The Balaban J connectivity index is 3.52. The van der Waals surface area contributed by atoms with Crippen LogP contribution in [0.15, 0.2) is 0 Å². The smallest absolute Gasteiger partial charge is 0.330 e. The number of hydrogen-bond acceptors (Lipinski definition) is 9. The van der Waals surface area contributed by atoms with Crippen molar-refractivity contribution in [2.75, 3.05) is 44.9 Å². The second-order valence-corrected chi connectivity index (χ2v) is 9.88. The lowest BCUT2D eigenvalue weighted by molar-refractivity contribution is -0.146. The molecule has 0 fully saturated rings. The molecule has 0 rings (SSSR count). The van der Waals surface area contributed by atoms with E-state index in [1.54, 1.807) is 0 Å². The quantitative estimate of drug-likeness (QED) is 0.112. The van der Waals surface area contributed by atoms with Crippen molar-refractivity contribution < 1.29 is 29.0 Å². The topological polar surface area (TPSA) is 140 Å². The largest absolute Gasteiger partial charge is 0.467 e. The molecule has 0 aliphatic carbocycles. The molecule has 0 spiro atoms. The van der Waals surface area contributed by atoms with E-state index in [1.807, 2.05) is 0 Å². The first-order chi connectivity index (χ1) is 17.0. The van der Waals surface area contributed by atoms with Gasteiger partial charge < -0.3 is 30.9 Å². The van der Waals surface area contributed by atoms with Crippen LogP contribution >= 0.6 is 11.8 Å². The molecule has 0 heterocycles. The van der Waals surface area contributed by atoms with Crippen molar-refractivity contribution >= 4 is 29.6 Å². The van der Waals surface area contributed by atoms with Crippen LogP contribution in [0.5, 0.6) is 0 Å². The van der Waals surface area contributed by atoms with Crippen LogP contribution in [-0.2, 0) is 23.9 Å². The first kappa shape index (κ1) is 33.6. The fourth-order valence-electron chi connectivity index (χ4n) is 3.43. The number of unbranched alkanes of at least 4 members (excludes halogenated alkanes) is 11. The third-order valence-electron chi connectivity index (χ3n) is 5.59. The van der Waals surface area contributed by atoms with Crippen molar-refractivity contribution in [2.24, 2.45) is 5.73 Å². The highest BCUT2D eigenvalue weighted by molar-refractivity contribution is 7.99. The Bertz CT molecular complexity index is 553. The Morgan fingerprint density at radius 3 is 2.06 bits per heavy atom. The maximum atomic E-state index is 12.0. The zero-order chi connectivity index (χ0) is 26.2. The number of nitrogens with two attached hydrogens (primary N) is 1. The first-order valence-electron chi connectivity index (χ1n) is 13.1. The molecule has 2 unspecified atom stereocenters. The van der Waals surface area contributed by atoms with E-state index in [1.165, 1.54) is 89.5 Å². The van der Waals surface area contributed by atoms with E-state index in [4.69, 9.17) is 15.6 Å². The number of esters is 2. The Kier molecular flexibility index (Phi) is 23.4. The Morgan fingerprint density at radius 2 is 1.51 bits per heavy atom. The SMILES string of the molecule is CCCCCCCCCCCCCCNCC(=O)OCCSCC(N)C(=O)NC(CO)C(=O)OC. The molecule has 0 radical (unpaired) electrons. The summed E-state index contributed by atoms with van der Waals surface area (Å²) in [6.45, 7) is 2.93. The molecular formula is C25H49N3O6S. The van der Waals surface area contributed by atoms with Crippen molar-refractivity contribution in [3.8, 4) is 0 Å². The number of hydrogen-bond donors (Lipinski definition) is 4. The second kappa shape index (κ2) is 24.3. The lowest BCUT2D eigenvalue weighted by Crippen LogP contribution is -2.51. The van der Waals surface area contributed by atoms with E-state index in [9.17, 15) is 14.4 Å². The number of aliphatic hydroxyl groups is 1. The summed E-state index contributed by atoms with van der Waals surface area (Å²) < 4.78 is 9.65. The minimum atomic E-state index is -1.13. The van der Waals surface area contributed by atoms with Gasteiger partial charge in [-0.15, -0.1) is 0 Å². The summed E-state index contributed by atoms with van der Waals surface area (Å²) in [7, 11) is 1.17. The normalized spacial score (nSPS) is 12.7. The van der Waals surface area contributed by atoms with Crippen LogP contribution < -0.4 is 16.4 Å². The van der Waals surface area contributed by atoms with Gasteiger partial charge in [0.1, 0.15) is 6.61 Å². The molecule has 0 aromatic heterocycles. The standard InChI is InChI=1S/C25H49N3O6S/c1-3-4-5-6-7-8-9-10-11-12-13-14-15-27-18-23(30)34-16-17-35-20-21(26)24(31)28-22(19-29)25(32)33-2/h21-22,27,29H,3-20,26H2,1-2H3,(H,28,31).